The van der Waals surface area contributed by atoms with Crippen LogP contribution in [0.3, 0.4) is 0 Å². The molecule has 3 aromatic rings. The Morgan fingerprint density at radius 1 is 1.00 bits per heavy atom. The SMILES string of the molecule is CNC(=O)[C@H](N[C@H](CCc1ccc(Cl)cc1)c1ccc(F)c(C)c1)c1ccccc1. The fourth-order valence-corrected chi connectivity index (χ4v) is 3.63. The highest BCUT2D eigenvalue weighted by Crippen LogP contribution is 2.26. The minimum absolute atomic E-state index is 0.114. The summed E-state index contributed by atoms with van der Waals surface area (Å²) in [6.45, 7) is 1.75. The summed E-state index contributed by atoms with van der Waals surface area (Å²) in [5, 5.41) is 6.95. The Labute approximate surface area is 182 Å². The Hall–Kier alpha value is -2.69. The normalized spacial score (nSPS) is 12.9. The molecule has 2 N–H and O–H groups in total. The first kappa shape index (κ1) is 22.0. The summed E-state index contributed by atoms with van der Waals surface area (Å²) in [4.78, 5) is 12.7. The highest BCUT2D eigenvalue weighted by molar-refractivity contribution is 6.30. The van der Waals surface area contributed by atoms with Crippen molar-refractivity contribution in [3.8, 4) is 0 Å². The van der Waals surface area contributed by atoms with Crippen molar-refractivity contribution in [3.05, 3.63) is 106 Å². The zero-order valence-electron chi connectivity index (χ0n) is 17.2. The summed E-state index contributed by atoms with van der Waals surface area (Å²) in [5.41, 5.74) is 3.57. The summed E-state index contributed by atoms with van der Waals surface area (Å²) < 4.78 is 13.9. The predicted molar refractivity (Wildman–Crippen MR) is 120 cm³/mol. The third kappa shape index (κ3) is 5.68. The number of likely N-dealkylation sites (N-methyl/N-ethyl adjacent to an activating group) is 1. The van der Waals surface area contributed by atoms with E-state index in [4.69, 9.17) is 11.6 Å². The third-order valence-electron chi connectivity index (χ3n) is 5.23. The molecule has 0 fully saturated rings. The number of carbonyl (C=O) groups excluding carboxylic acids is 1. The van der Waals surface area contributed by atoms with Crippen LogP contribution >= 0.6 is 11.6 Å². The maximum atomic E-state index is 13.9. The van der Waals surface area contributed by atoms with E-state index in [1.807, 2.05) is 60.7 Å². The summed E-state index contributed by atoms with van der Waals surface area (Å²) in [5.74, 6) is -0.349. The van der Waals surface area contributed by atoms with Gasteiger partial charge < -0.3 is 5.32 Å². The highest BCUT2D eigenvalue weighted by Gasteiger charge is 2.24. The largest absolute Gasteiger partial charge is 0.358 e. The van der Waals surface area contributed by atoms with Crippen LogP contribution in [0.4, 0.5) is 4.39 Å². The van der Waals surface area contributed by atoms with Gasteiger partial charge in [-0.2, -0.15) is 0 Å². The molecule has 0 radical (unpaired) electrons. The number of carbonyl (C=O) groups is 1. The quantitative estimate of drug-likeness (QED) is 0.498. The van der Waals surface area contributed by atoms with Crippen LogP contribution in [0.5, 0.6) is 0 Å². The smallest absolute Gasteiger partial charge is 0.241 e. The van der Waals surface area contributed by atoms with Crippen LogP contribution in [0, 0.1) is 12.7 Å². The molecule has 3 aromatic carbocycles. The zero-order chi connectivity index (χ0) is 21.5. The van der Waals surface area contributed by atoms with E-state index in [0.29, 0.717) is 10.6 Å². The Morgan fingerprint density at radius 2 is 1.70 bits per heavy atom. The molecule has 0 unspecified atom stereocenters. The number of halogens is 2. The van der Waals surface area contributed by atoms with Gasteiger partial charge in [-0.15, -0.1) is 0 Å². The van der Waals surface area contributed by atoms with E-state index in [9.17, 15) is 9.18 Å². The Kier molecular flexibility index (Phi) is 7.61. The van der Waals surface area contributed by atoms with Gasteiger partial charge in [-0.05, 0) is 60.2 Å². The lowest BCUT2D eigenvalue weighted by molar-refractivity contribution is -0.123. The Balaban J connectivity index is 1.89. The zero-order valence-corrected chi connectivity index (χ0v) is 17.9. The van der Waals surface area contributed by atoms with E-state index in [0.717, 1.165) is 29.5 Å². The van der Waals surface area contributed by atoms with E-state index >= 15 is 0 Å². The number of amides is 1. The first-order chi connectivity index (χ1) is 14.5. The van der Waals surface area contributed by atoms with Crippen LogP contribution in [0.25, 0.3) is 0 Å². The number of hydrogen-bond donors (Lipinski definition) is 2. The van der Waals surface area contributed by atoms with E-state index in [2.05, 4.69) is 10.6 Å². The minimum atomic E-state index is -0.517. The molecule has 3 rings (SSSR count). The van der Waals surface area contributed by atoms with Crippen LogP contribution in [-0.4, -0.2) is 13.0 Å². The van der Waals surface area contributed by atoms with Crippen LogP contribution in [0.2, 0.25) is 5.02 Å². The van der Waals surface area contributed by atoms with Gasteiger partial charge in [-0.3, -0.25) is 10.1 Å². The number of nitrogens with one attached hydrogen (secondary N) is 2. The maximum Gasteiger partial charge on any atom is 0.241 e. The molecule has 30 heavy (non-hydrogen) atoms. The molecule has 1 amide bonds. The number of aryl methyl sites for hydroxylation is 2. The van der Waals surface area contributed by atoms with Crippen molar-refractivity contribution in [1.29, 1.82) is 0 Å². The molecule has 0 spiro atoms. The summed E-state index contributed by atoms with van der Waals surface area (Å²) in [6.07, 6.45) is 1.54. The fourth-order valence-electron chi connectivity index (χ4n) is 3.51. The minimum Gasteiger partial charge on any atom is -0.358 e. The summed E-state index contributed by atoms with van der Waals surface area (Å²) in [6, 6.07) is 21.8. The molecule has 0 aliphatic carbocycles. The van der Waals surface area contributed by atoms with E-state index < -0.39 is 6.04 Å². The lowest BCUT2D eigenvalue weighted by atomic mass is 9.95. The molecule has 0 aliphatic heterocycles. The van der Waals surface area contributed by atoms with Crippen molar-refractivity contribution < 1.29 is 9.18 Å². The average molecular weight is 425 g/mol. The van der Waals surface area contributed by atoms with Crippen molar-refractivity contribution in [3.63, 3.8) is 0 Å². The molecule has 3 nitrogen and oxygen atoms in total. The molecule has 156 valence electrons. The van der Waals surface area contributed by atoms with Gasteiger partial charge in [0.25, 0.3) is 0 Å². The standard InChI is InChI=1S/C25H26ClFN2O/c1-17-16-20(11-14-22(17)27)23(15-10-18-8-12-21(26)13-9-18)29-24(25(30)28-2)19-6-4-3-5-7-19/h3-9,11-14,16,23-24,29H,10,15H2,1-2H3,(H,28,30)/t23-,24-/m1/s1. The topological polar surface area (TPSA) is 41.1 Å². The first-order valence-electron chi connectivity index (χ1n) is 10.0. The Morgan fingerprint density at radius 3 is 2.33 bits per heavy atom. The van der Waals surface area contributed by atoms with Gasteiger partial charge in [-0.1, -0.05) is 66.2 Å². The van der Waals surface area contributed by atoms with Crippen LogP contribution in [0.15, 0.2) is 72.8 Å². The summed E-state index contributed by atoms with van der Waals surface area (Å²) >= 11 is 6.00. The molecule has 5 heteroatoms. The number of benzene rings is 3. The fraction of sp³-hybridized carbons (Fsp3) is 0.240. The van der Waals surface area contributed by atoms with E-state index in [1.165, 1.54) is 6.07 Å². The van der Waals surface area contributed by atoms with Crippen molar-refractivity contribution >= 4 is 17.5 Å². The van der Waals surface area contributed by atoms with Gasteiger partial charge in [-0.25, -0.2) is 4.39 Å². The molecule has 0 bridgehead atoms. The van der Waals surface area contributed by atoms with E-state index in [1.54, 1.807) is 20.0 Å². The van der Waals surface area contributed by atoms with Gasteiger partial charge in [0.1, 0.15) is 11.9 Å². The molecule has 0 saturated heterocycles. The predicted octanol–water partition coefficient (Wildman–Crippen LogP) is 5.54. The Bertz CT molecular complexity index is 976. The number of rotatable bonds is 8. The van der Waals surface area contributed by atoms with Crippen molar-refractivity contribution in [1.82, 2.24) is 10.6 Å². The van der Waals surface area contributed by atoms with Crippen LogP contribution in [-0.2, 0) is 11.2 Å². The summed E-state index contributed by atoms with van der Waals surface area (Å²) in [7, 11) is 1.63. The molecular formula is C25H26ClFN2O. The number of hydrogen-bond acceptors (Lipinski definition) is 2. The molecule has 0 aromatic heterocycles. The van der Waals surface area contributed by atoms with Gasteiger partial charge in [0.05, 0.1) is 0 Å². The average Bonchev–Trinajstić information content (AvgIpc) is 2.77. The van der Waals surface area contributed by atoms with Crippen molar-refractivity contribution in [2.45, 2.75) is 31.8 Å². The molecule has 0 saturated carbocycles. The second kappa shape index (κ2) is 10.4. The lowest BCUT2D eigenvalue weighted by Gasteiger charge is -2.26. The third-order valence-corrected chi connectivity index (χ3v) is 5.48. The van der Waals surface area contributed by atoms with Crippen molar-refractivity contribution in [2.24, 2.45) is 0 Å². The molecule has 2 atom stereocenters. The van der Waals surface area contributed by atoms with Crippen molar-refractivity contribution in [2.75, 3.05) is 7.05 Å². The molecule has 0 heterocycles. The van der Waals surface area contributed by atoms with Gasteiger partial charge in [0, 0.05) is 18.1 Å². The van der Waals surface area contributed by atoms with E-state index in [-0.39, 0.29) is 17.8 Å². The highest BCUT2D eigenvalue weighted by atomic mass is 35.5. The maximum absolute atomic E-state index is 13.9. The van der Waals surface area contributed by atoms with Crippen LogP contribution in [0.1, 0.15) is 40.8 Å². The van der Waals surface area contributed by atoms with Crippen LogP contribution < -0.4 is 10.6 Å². The van der Waals surface area contributed by atoms with Gasteiger partial charge in [0.2, 0.25) is 5.91 Å². The van der Waals surface area contributed by atoms with Gasteiger partial charge in [0.15, 0.2) is 0 Å². The monoisotopic (exact) mass is 424 g/mol. The van der Waals surface area contributed by atoms with Gasteiger partial charge >= 0.3 is 0 Å². The molecule has 0 aliphatic rings. The first-order valence-corrected chi connectivity index (χ1v) is 10.4. The second-order valence-corrected chi connectivity index (χ2v) is 7.79. The second-order valence-electron chi connectivity index (χ2n) is 7.35. The molecular weight excluding hydrogens is 399 g/mol. The lowest BCUT2D eigenvalue weighted by Crippen LogP contribution is -2.38.